The first-order valence-electron chi connectivity index (χ1n) is 10.1. The number of sulfonamides is 1. The lowest BCUT2D eigenvalue weighted by atomic mass is 9.83. The van der Waals surface area contributed by atoms with Gasteiger partial charge in [0.05, 0.1) is 10.6 Å². The Morgan fingerprint density at radius 2 is 1.77 bits per heavy atom. The Balaban J connectivity index is 1.53. The van der Waals surface area contributed by atoms with Crippen molar-refractivity contribution in [3.8, 4) is 0 Å². The topological polar surface area (TPSA) is 130 Å². The number of hydrogen-bond donors (Lipinski definition) is 3. The highest BCUT2D eigenvalue weighted by Gasteiger charge is 2.48. The monoisotopic (exact) mass is 456 g/mol. The molecule has 2 aliphatic rings. The lowest BCUT2D eigenvalue weighted by Crippen LogP contribution is -2.43. The second-order valence-electron chi connectivity index (χ2n) is 8.00. The molecule has 1 aromatic rings. The van der Waals surface area contributed by atoms with Crippen molar-refractivity contribution in [3.05, 3.63) is 42.5 Å². The normalized spacial score (nSPS) is 26.3. The number of fused-ring (bicyclic) bond motifs is 2. The number of hydrogen-bond acceptors (Lipinski definition) is 5. The van der Waals surface area contributed by atoms with Crippen molar-refractivity contribution in [1.82, 2.24) is 10.0 Å². The van der Waals surface area contributed by atoms with Gasteiger partial charge in [-0.3, -0.25) is 9.35 Å². The number of amides is 1. The van der Waals surface area contributed by atoms with Crippen LogP contribution in [-0.4, -0.2) is 45.6 Å². The summed E-state index contributed by atoms with van der Waals surface area (Å²) in [6.45, 7) is -0.138. The molecule has 0 heterocycles. The van der Waals surface area contributed by atoms with Crippen molar-refractivity contribution in [1.29, 1.82) is 0 Å². The number of carbonyl (C=O) groups is 1. The first kappa shape index (κ1) is 22.9. The molecule has 1 aromatic carbocycles. The summed E-state index contributed by atoms with van der Waals surface area (Å²) < 4.78 is 58.4. The summed E-state index contributed by atoms with van der Waals surface area (Å²) in [4.78, 5) is 12.0. The van der Waals surface area contributed by atoms with Crippen LogP contribution in [0.15, 0.2) is 47.4 Å². The Morgan fingerprint density at radius 1 is 1.07 bits per heavy atom. The van der Waals surface area contributed by atoms with Crippen molar-refractivity contribution in [2.45, 2.75) is 43.0 Å². The molecule has 2 aliphatic carbocycles. The smallest absolute Gasteiger partial charge is 0.266 e. The number of rotatable bonds is 10. The summed E-state index contributed by atoms with van der Waals surface area (Å²) in [6, 6.07) is 8.26. The van der Waals surface area contributed by atoms with Crippen LogP contribution in [0.4, 0.5) is 0 Å². The summed E-state index contributed by atoms with van der Waals surface area (Å²) in [5, 5.41) is 2.43. The second-order valence-corrected chi connectivity index (χ2v) is 11.3. The molecule has 4 atom stereocenters. The molecule has 10 heteroatoms. The zero-order valence-electron chi connectivity index (χ0n) is 16.6. The molecule has 3 N–H and O–H groups in total. The molecule has 3 rings (SSSR count). The van der Waals surface area contributed by atoms with Crippen molar-refractivity contribution >= 4 is 26.0 Å². The average molecular weight is 457 g/mol. The third-order valence-electron chi connectivity index (χ3n) is 5.99. The number of allylic oxidation sites excluding steroid dienone is 1. The fourth-order valence-electron chi connectivity index (χ4n) is 4.62. The van der Waals surface area contributed by atoms with E-state index in [2.05, 4.69) is 10.0 Å². The summed E-state index contributed by atoms with van der Waals surface area (Å²) in [5.41, 5.74) is 0. The molecule has 30 heavy (non-hydrogen) atoms. The van der Waals surface area contributed by atoms with Gasteiger partial charge in [-0.15, -0.1) is 0 Å². The third-order valence-corrected chi connectivity index (χ3v) is 8.19. The highest BCUT2D eigenvalue weighted by atomic mass is 32.2. The van der Waals surface area contributed by atoms with Gasteiger partial charge in [0.2, 0.25) is 15.9 Å². The summed E-state index contributed by atoms with van der Waals surface area (Å²) in [6.07, 6.45) is 7.56. The molecule has 2 saturated carbocycles. The number of benzene rings is 1. The summed E-state index contributed by atoms with van der Waals surface area (Å²) in [5.74, 6) is 0.171. The SMILES string of the molecule is O=C(C/C=C\C[C@H]1[C@@H]2CC[C@@H](C2)[C@@H]1NS(=O)(=O)c1ccccc1)NCCS(=O)(=O)O. The van der Waals surface area contributed by atoms with Crippen LogP contribution in [0, 0.1) is 17.8 Å². The fourth-order valence-corrected chi connectivity index (χ4v) is 6.35. The minimum Gasteiger partial charge on any atom is -0.355 e. The Morgan fingerprint density at radius 3 is 2.47 bits per heavy atom. The van der Waals surface area contributed by atoms with Crippen molar-refractivity contribution in [2.75, 3.05) is 12.3 Å². The van der Waals surface area contributed by atoms with Crippen LogP contribution in [0.5, 0.6) is 0 Å². The average Bonchev–Trinajstić information content (AvgIpc) is 3.27. The minimum absolute atomic E-state index is 0.104. The Labute approximate surface area is 177 Å². The van der Waals surface area contributed by atoms with E-state index in [9.17, 15) is 21.6 Å². The molecule has 0 radical (unpaired) electrons. The van der Waals surface area contributed by atoms with E-state index in [1.807, 2.05) is 6.08 Å². The highest BCUT2D eigenvalue weighted by molar-refractivity contribution is 7.89. The van der Waals surface area contributed by atoms with Crippen LogP contribution in [0.1, 0.15) is 32.1 Å². The second kappa shape index (κ2) is 9.59. The third kappa shape index (κ3) is 6.13. The van der Waals surface area contributed by atoms with Gasteiger partial charge in [0.1, 0.15) is 0 Å². The van der Waals surface area contributed by atoms with Gasteiger partial charge in [0.25, 0.3) is 10.1 Å². The van der Waals surface area contributed by atoms with Crippen LogP contribution in [0.25, 0.3) is 0 Å². The van der Waals surface area contributed by atoms with Crippen LogP contribution in [0.2, 0.25) is 0 Å². The quantitative estimate of drug-likeness (QED) is 0.363. The molecule has 0 unspecified atom stereocenters. The Kier molecular flexibility index (Phi) is 7.33. The molecule has 2 bridgehead atoms. The predicted molar refractivity (Wildman–Crippen MR) is 113 cm³/mol. The van der Waals surface area contributed by atoms with Crippen LogP contribution >= 0.6 is 0 Å². The summed E-state index contributed by atoms with van der Waals surface area (Å²) in [7, 11) is -7.66. The molecule has 0 spiro atoms. The van der Waals surface area contributed by atoms with E-state index in [1.54, 1.807) is 36.4 Å². The van der Waals surface area contributed by atoms with E-state index >= 15 is 0 Å². The van der Waals surface area contributed by atoms with Gasteiger partial charge in [0.15, 0.2) is 0 Å². The number of nitrogens with one attached hydrogen (secondary N) is 2. The maximum Gasteiger partial charge on any atom is 0.266 e. The van der Waals surface area contributed by atoms with Crippen LogP contribution in [-0.2, 0) is 24.9 Å². The van der Waals surface area contributed by atoms with Gasteiger partial charge in [-0.05, 0) is 55.6 Å². The molecule has 2 fully saturated rings. The van der Waals surface area contributed by atoms with Crippen molar-refractivity contribution in [2.24, 2.45) is 17.8 Å². The lowest BCUT2D eigenvalue weighted by molar-refractivity contribution is -0.120. The maximum absolute atomic E-state index is 12.8. The van der Waals surface area contributed by atoms with Crippen molar-refractivity contribution < 1.29 is 26.2 Å². The molecule has 166 valence electrons. The highest BCUT2D eigenvalue weighted by Crippen LogP contribution is 2.50. The molecule has 1 amide bonds. The van der Waals surface area contributed by atoms with E-state index in [-0.39, 0.29) is 35.7 Å². The molecular weight excluding hydrogens is 428 g/mol. The van der Waals surface area contributed by atoms with E-state index in [0.29, 0.717) is 18.3 Å². The van der Waals surface area contributed by atoms with Crippen molar-refractivity contribution in [3.63, 3.8) is 0 Å². The Hall–Kier alpha value is -1.75. The summed E-state index contributed by atoms with van der Waals surface area (Å²) >= 11 is 0. The molecule has 0 aliphatic heterocycles. The molecule has 0 saturated heterocycles. The minimum atomic E-state index is -4.09. The lowest BCUT2D eigenvalue weighted by Gasteiger charge is -2.31. The predicted octanol–water partition coefficient (Wildman–Crippen LogP) is 1.72. The van der Waals surface area contributed by atoms with Crippen LogP contribution in [0.3, 0.4) is 0 Å². The fraction of sp³-hybridized carbons (Fsp3) is 0.550. The zero-order valence-corrected chi connectivity index (χ0v) is 18.2. The van der Waals surface area contributed by atoms with Gasteiger partial charge in [0, 0.05) is 19.0 Å². The standard InChI is InChI=1S/C20H28N2O6S2/c23-19(21-12-13-29(24,25)26)9-5-4-8-18-15-10-11-16(14-15)20(18)22-30(27,28)17-6-2-1-3-7-17/h1-7,15-16,18,20,22H,8-14H2,(H,21,23)(H,24,25,26)/b5-4-/t15-,16+,18+,20+/m1/s1. The van der Waals surface area contributed by atoms with Gasteiger partial charge in [-0.1, -0.05) is 30.4 Å². The molecule has 8 nitrogen and oxygen atoms in total. The first-order valence-corrected chi connectivity index (χ1v) is 13.2. The Bertz CT molecular complexity index is 976. The van der Waals surface area contributed by atoms with Gasteiger partial charge < -0.3 is 5.32 Å². The maximum atomic E-state index is 12.8. The van der Waals surface area contributed by atoms with Gasteiger partial charge in [-0.2, -0.15) is 8.42 Å². The molecular formula is C20H28N2O6S2. The van der Waals surface area contributed by atoms with E-state index in [1.165, 1.54) is 0 Å². The van der Waals surface area contributed by atoms with E-state index < -0.39 is 25.9 Å². The first-order chi connectivity index (χ1) is 14.2. The van der Waals surface area contributed by atoms with Crippen LogP contribution < -0.4 is 10.0 Å². The largest absolute Gasteiger partial charge is 0.355 e. The van der Waals surface area contributed by atoms with Gasteiger partial charge in [-0.25, -0.2) is 13.1 Å². The number of carbonyl (C=O) groups excluding carboxylic acids is 1. The van der Waals surface area contributed by atoms with E-state index in [0.717, 1.165) is 19.3 Å². The van der Waals surface area contributed by atoms with E-state index in [4.69, 9.17) is 4.55 Å². The zero-order chi connectivity index (χ0) is 21.8. The van der Waals surface area contributed by atoms with Gasteiger partial charge >= 0.3 is 0 Å². The molecule has 0 aromatic heterocycles.